The predicted molar refractivity (Wildman–Crippen MR) is 98.1 cm³/mol. The van der Waals surface area contributed by atoms with Crippen LogP contribution in [0.1, 0.15) is 38.6 Å². The van der Waals surface area contributed by atoms with E-state index in [0.717, 1.165) is 18.5 Å². The molecule has 0 spiro atoms. The van der Waals surface area contributed by atoms with Crippen LogP contribution in [-0.2, 0) is 9.59 Å². The molecule has 1 aliphatic carbocycles. The number of nitrogens with one attached hydrogen (secondary N) is 1. The van der Waals surface area contributed by atoms with E-state index < -0.39 is 5.25 Å². The number of carbonyl (C=O) groups is 2. The summed E-state index contributed by atoms with van der Waals surface area (Å²) >= 11 is 1.35. The molecule has 2 amide bonds. The number of benzene rings is 1. The van der Waals surface area contributed by atoms with Gasteiger partial charge in [-0.3, -0.25) is 14.5 Å². The van der Waals surface area contributed by atoms with Crippen molar-refractivity contribution >= 4 is 35.0 Å². The number of hydrogen-bond donors (Lipinski definition) is 1. The zero-order valence-corrected chi connectivity index (χ0v) is 15.3. The monoisotopic (exact) mass is 372 g/mol. The van der Waals surface area contributed by atoms with Crippen molar-refractivity contribution in [3.05, 3.63) is 24.3 Å². The number of aromatic nitrogens is 4. The van der Waals surface area contributed by atoms with Crippen molar-refractivity contribution in [2.45, 2.75) is 49.1 Å². The first-order valence-corrected chi connectivity index (χ1v) is 9.66. The molecular formula is C17H20N6O2S. The molecule has 4 rings (SSSR count). The highest BCUT2D eigenvalue weighted by Gasteiger charge is 2.31. The van der Waals surface area contributed by atoms with Crippen LogP contribution in [0.3, 0.4) is 0 Å². The summed E-state index contributed by atoms with van der Waals surface area (Å²) in [7, 11) is 0. The Labute approximate surface area is 155 Å². The van der Waals surface area contributed by atoms with Gasteiger partial charge in [0.25, 0.3) is 0 Å². The van der Waals surface area contributed by atoms with Gasteiger partial charge in [-0.05, 0) is 42.3 Å². The molecule has 2 aliphatic rings. The normalized spacial score (nSPS) is 18.5. The van der Waals surface area contributed by atoms with Gasteiger partial charge in [-0.2, -0.15) is 0 Å². The van der Waals surface area contributed by atoms with Crippen molar-refractivity contribution < 1.29 is 9.59 Å². The zero-order chi connectivity index (χ0) is 18.1. The molecule has 0 bridgehead atoms. The van der Waals surface area contributed by atoms with Crippen LogP contribution >= 0.6 is 11.8 Å². The molecule has 1 aromatic carbocycles. The molecule has 2 heterocycles. The highest BCUT2D eigenvalue weighted by molar-refractivity contribution is 8.00. The molecule has 1 aliphatic heterocycles. The Morgan fingerprint density at radius 3 is 2.88 bits per heavy atom. The Bertz CT molecular complexity index is 832. The molecule has 0 saturated heterocycles. The topological polar surface area (TPSA) is 93.0 Å². The third-order valence-electron chi connectivity index (χ3n) is 4.80. The quantitative estimate of drug-likeness (QED) is 0.828. The fraction of sp³-hybridized carbons (Fsp3) is 0.471. The lowest BCUT2D eigenvalue weighted by atomic mass is 10.2. The Balaban J connectivity index is 1.52. The van der Waals surface area contributed by atoms with Crippen molar-refractivity contribution in [3.8, 4) is 0 Å². The molecule has 26 heavy (non-hydrogen) atoms. The second-order valence-corrected chi connectivity index (χ2v) is 7.90. The smallest absolute Gasteiger partial charge is 0.244 e. The van der Waals surface area contributed by atoms with Gasteiger partial charge in [0.05, 0.1) is 22.7 Å². The predicted octanol–water partition coefficient (Wildman–Crippen LogP) is 2.25. The largest absolute Gasteiger partial charge is 0.323 e. The van der Waals surface area contributed by atoms with Crippen LogP contribution in [0.15, 0.2) is 29.4 Å². The lowest BCUT2D eigenvalue weighted by Crippen LogP contribution is -2.45. The molecule has 8 nitrogen and oxygen atoms in total. The molecule has 1 fully saturated rings. The third-order valence-corrected chi connectivity index (χ3v) is 5.83. The molecule has 0 unspecified atom stereocenters. The van der Waals surface area contributed by atoms with E-state index in [1.54, 1.807) is 6.07 Å². The number of tetrazole rings is 1. The molecule has 1 N–H and O–H groups in total. The van der Waals surface area contributed by atoms with Gasteiger partial charge in [-0.15, -0.1) is 5.10 Å². The minimum Gasteiger partial charge on any atom is -0.323 e. The van der Waals surface area contributed by atoms with E-state index >= 15 is 0 Å². The van der Waals surface area contributed by atoms with Crippen LogP contribution in [0.2, 0.25) is 0 Å². The van der Waals surface area contributed by atoms with Crippen molar-refractivity contribution in [1.82, 2.24) is 20.2 Å². The maximum absolute atomic E-state index is 13.0. The second kappa shape index (κ2) is 7.06. The average Bonchev–Trinajstić information content (AvgIpc) is 3.31. The number of rotatable bonds is 4. The van der Waals surface area contributed by atoms with Gasteiger partial charge >= 0.3 is 0 Å². The lowest BCUT2D eigenvalue weighted by molar-refractivity contribution is -0.121. The minimum absolute atomic E-state index is 0.0221. The molecule has 2 aromatic rings. The Hall–Kier alpha value is -2.42. The van der Waals surface area contributed by atoms with E-state index in [1.807, 2.05) is 29.8 Å². The van der Waals surface area contributed by atoms with E-state index in [1.165, 1.54) is 29.5 Å². The molecular weight excluding hydrogens is 352 g/mol. The fourth-order valence-electron chi connectivity index (χ4n) is 3.50. The van der Waals surface area contributed by atoms with E-state index in [0.29, 0.717) is 16.9 Å². The highest BCUT2D eigenvalue weighted by Crippen LogP contribution is 2.34. The average molecular weight is 372 g/mol. The Morgan fingerprint density at radius 2 is 2.08 bits per heavy atom. The van der Waals surface area contributed by atoms with E-state index in [2.05, 4.69) is 20.8 Å². The van der Waals surface area contributed by atoms with Crippen molar-refractivity contribution in [2.75, 3.05) is 16.8 Å². The highest BCUT2D eigenvalue weighted by atomic mass is 32.2. The van der Waals surface area contributed by atoms with Gasteiger partial charge in [-0.25, -0.2) is 4.68 Å². The molecule has 1 atom stereocenters. The van der Waals surface area contributed by atoms with E-state index in [-0.39, 0.29) is 18.4 Å². The summed E-state index contributed by atoms with van der Waals surface area (Å²) in [6.45, 7) is 1.85. The van der Waals surface area contributed by atoms with Crippen LogP contribution in [0.4, 0.5) is 11.4 Å². The first-order valence-electron chi connectivity index (χ1n) is 8.78. The summed E-state index contributed by atoms with van der Waals surface area (Å²) in [5, 5.41) is 15.1. The molecule has 0 radical (unpaired) electrons. The number of fused-ring (bicyclic) bond motifs is 1. The van der Waals surface area contributed by atoms with Gasteiger partial charge in [0.1, 0.15) is 6.54 Å². The minimum atomic E-state index is -0.403. The Morgan fingerprint density at radius 1 is 1.31 bits per heavy atom. The van der Waals surface area contributed by atoms with Crippen LogP contribution in [-0.4, -0.2) is 43.8 Å². The number of nitrogens with zero attached hydrogens (tertiary/aromatic N) is 5. The summed E-state index contributed by atoms with van der Waals surface area (Å²) in [4.78, 5) is 26.5. The zero-order valence-electron chi connectivity index (χ0n) is 14.5. The van der Waals surface area contributed by atoms with Crippen LogP contribution < -0.4 is 10.2 Å². The summed E-state index contributed by atoms with van der Waals surface area (Å²) in [5.41, 5.74) is 1.38. The lowest BCUT2D eigenvalue weighted by Gasteiger charge is -2.30. The first-order chi connectivity index (χ1) is 12.6. The fourth-order valence-corrected chi connectivity index (χ4v) is 4.42. The first kappa shape index (κ1) is 17.0. The molecule has 1 aromatic heterocycles. The number of amides is 2. The number of para-hydroxylation sites is 2. The standard InChI is InChI=1S/C17H20N6O2S/c1-11(26-17-19-20-21-23(17)12-6-2-3-7-12)16(25)22-10-15(24)18-13-8-4-5-9-14(13)22/h4-5,8-9,11-12H,2-3,6-7,10H2,1H3,(H,18,24)/t11-/m1/s1. The number of thioether (sulfide) groups is 1. The molecule has 136 valence electrons. The van der Waals surface area contributed by atoms with Gasteiger partial charge in [0.2, 0.25) is 17.0 Å². The van der Waals surface area contributed by atoms with Crippen LogP contribution in [0.25, 0.3) is 0 Å². The number of carbonyl (C=O) groups excluding carboxylic acids is 2. The SMILES string of the molecule is C[C@@H](Sc1nnnn1C1CCCC1)C(=O)N1CC(=O)Nc2ccccc21. The summed E-state index contributed by atoms with van der Waals surface area (Å²) < 4.78 is 1.85. The maximum atomic E-state index is 13.0. The van der Waals surface area contributed by atoms with Gasteiger partial charge in [-0.1, -0.05) is 36.7 Å². The molecule has 1 saturated carbocycles. The molecule has 9 heteroatoms. The van der Waals surface area contributed by atoms with Crippen molar-refractivity contribution in [2.24, 2.45) is 0 Å². The van der Waals surface area contributed by atoms with Crippen molar-refractivity contribution in [1.29, 1.82) is 0 Å². The summed E-state index contributed by atoms with van der Waals surface area (Å²) in [6.07, 6.45) is 4.51. The summed E-state index contributed by atoms with van der Waals surface area (Å²) in [5.74, 6) is -0.316. The third kappa shape index (κ3) is 3.18. The van der Waals surface area contributed by atoms with Gasteiger partial charge in [0.15, 0.2) is 0 Å². The Kier molecular flexibility index (Phi) is 4.62. The number of anilines is 2. The van der Waals surface area contributed by atoms with Crippen LogP contribution in [0.5, 0.6) is 0 Å². The van der Waals surface area contributed by atoms with Crippen LogP contribution in [0, 0.1) is 0 Å². The van der Waals surface area contributed by atoms with E-state index in [9.17, 15) is 9.59 Å². The van der Waals surface area contributed by atoms with E-state index in [4.69, 9.17) is 0 Å². The van der Waals surface area contributed by atoms with Crippen molar-refractivity contribution in [3.63, 3.8) is 0 Å². The maximum Gasteiger partial charge on any atom is 0.244 e. The second-order valence-electron chi connectivity index (χ2n) is 6.59. The van der Waals surface area contributed by atoms with Gasteiger partial charge in [0, 0.05) is 0 Å². The van der Waals surface area contributed by atoms with Gasteiger partial charge < -0.3 is 5.32 Å². The number of hydrogen-bond acceptors (Lipinski definition) is 6. The summed E-state index contributed by atoms with van der Waals surface area (Å²) in [6, 6.07) is 7.64.